The van der Waals surface area contributed by atoms with Crippen molar-refractivity contribution in [3.63, 3.8) is 0 Å². The Morgan fingerprint density at radius 1 is 0.972 bits per heavy atom. The molecule has 0 spiro atoms. The van der Waals surface area contributed by atoms with Gasteiger partial charge in [-0.05, 0) is 65.3 Å². The maximum absolute atomic E-state index is 12.3. The zero-order valence-corrected chi connectivity index (χ0v) is 19.9. The molecule has 7 atom stereocenters. The normalized spacial score (nSPS) is 30.0. The molecule has 5 rings (SSSR count). The average molecular weight is 519 g/mol. The molecule has 0 heterocycles. The fourth-order valence-electron chi connectivity index (χ4n) is 4.96. The highest BCUT2D eigenvalue weighted by Crippen LogP contribution is 2.63. The smallest absolute Gasteiger partial charge is 0.503 e. The molecule has 0 aliphatic heterocycles. The lowest BCUT2D eigenvalue weighted by molar-refractivity contribution is -0.175. The number of esters is 1. The average Bonchev–Trinajstić information content (AvgIpc) is 3.55. The summed E-state index contributed by atoms with van der Waals surface area (Å²) in [7, 11) is 0. The number of phenolic OH excluding ortho intramolecular Hbond substituents is 1. The number of halogens is 1. The van der Waals surface area contributed by atoms with Crippen LogP contribution in [-0.4, -0.2) is 62.1 Å². The monoisotopic (exact) mass is 518 g/mol. The van der Waals surface area contributed by atoms with Crippen molar-refractivity contribution < 1.29 is 44.6 Å². The number of aliphatic hydroxyl groups excluding tert-OH is 2. The van der Waals surface area contributed by atoms with Gasteiger partial charge in [-0.25, -0.2) is 9.59 Å². The summed E-state index contributed by atoms with van der Waals surface area (Å²) in [5.74, 6) is 0.423. The van der Waals surface area contributed by atoms with E-state index in [2.05, 4.69) is 0 Å². The molecule has 3 aliphatic rings. The molecule has 2 aromatic carbocycles. The van der Waals surface area contributed by atoms with Gasteiger partial charge in [-0.2, -0.15) is 0 Å². The maximum atomic E-state index is 12.3. The summed E-state index contributed by atoms with van der Waals surface area (Å²) < 4.78 is 11.9. The van der Waals surface area contributed by atoms with Crippen molar-refractivity contribution in [1.29, 1.82) is 0 Å². The van der Waals surface area contributed by atoms with Crippen molar-refractivity contribution in [3.8, 4) is 5.75 Å². The van der Waals surface area contributed by atoms with E-state index < -0.39 is 30.4 Å². The number of hydrogen-bond acceptors (Lipinski definition) is 7. The van der Waals surface area contributed by atoms with Crippen molar-refractivity contribution in [2.75, 3.05) is 0 Å². The van der Waals surface area contributed by atoms with Crippen LogP contribution in [0.2, 0.25) is 5.02 Å². The first kappa shape index (κ1) is 26.0. The van der Waals surface area contributed by atoms with Gasteiger partial charge in [-0.3, -0.25) is 0 Å². The Bertz CT molecular complexity index is 1130. The van der Waals surface area contributed by atoms with Crippen molar-refractivity contribution >= 4 is 29.8 Å². The van der Waals surface area contributed by atoms with Crippen molar-refractivity contribution in [2.45, 2.75) is 55.7 Å². The number of fused-ring (bicyclic) bond motifs is 3. The lowest BCUT2D eigenvalue weighted by Crippen LogP contribution is -2.49. The highest BCUT2D eigenvalue weighted by atomic mass is 35.5. The summed E-state index contributed by atoms with van der Waals surface area (Å²) in [5.41, 5.74) is 3.11. The number of rotatable bonds is 5. The molecule has 0 saturated heterocycles. The van der Waals surface area contributed by atoms with E-state index in [1.54, 1.807) is 18.2 Å². The fraction of sp³-hybridized carbons (Fsp3) is 0.385. The topological polar surface area (TPSA) is 154 Å². The number of hydrogen-bond donors (Lipinski definition) is 5. The summed E-state index contributed by atoms with van der Waals surface area (Å²) in [6.07, 6.45) is -0.790. The van der Waals surface area contributed by atoms with Crippen LogP contribution in [0, 0.1) is 5.92 Å². The van der Waals surface area contributed by atoms with Crippen LogP contribution in [-0.2, 0) is 14.3 Å². The van der Waals surface area contributed by atoms with Gasteiger partial charge in [-0.15, -0.1) is 0 Å². The number of carboxylic acid groups (broad SMARTS) is 2. The zero-order chi connectivity index (χ0) is 26.0. The van der Waals surface area contributed by atoms with Gasteiger partial charge < -0.3 is 35.0 Å². The molecule has 3 aliphatic carbocycles. The Hall–Kier alpha value is -3.11. The van der Waals surface area contributed by atoms with Crippen LogP contribution in [0.4, 0.5) is 4.79 Å². The summed E-state index contributed by atoms with van der Waals surface area (Å²) in [4.78, 5) is 20.9. The minimum absolute atomic E-state index is 0.0644. The fourth-order valence-corrected chi connectivity index (χ4v) is 5.14. The molecule has 5 N–H and O–H groups in total. The first-order chi connectivity index (χ1) is 17.1. The highest BCUT2D eigenvalue weighted by molar-refractivity contribution is 6.30. The first-order valence-electron chi connectivity index (χ1n) is 11.5. The van der Waals surface area contributed by atoms with Crippen LogP contribution in [0.15, 0.2) is 48.5 Å². The SMILES string of the molecule is O=C(/C=C/c1ccc(O)cc1)O[C@@H]1C[C@@H](OC2c3ccc(Cl)cc3C3CC32)C[C@H](O)[C@H]1O.O=C(O)O. The van der Waals surface area contributed by atoms with E-state index in [9.17, 15) is 20.1 Å². The molecule has 0 radical (unpaired) electrons. The van der Waals surface area contributed by atoms with E-state index >= 15 is 0 Å². The molecule has 36 heavy (non-hydrogen) atoms. The number of carbonyl (C=O) groups excluding carboxylic acids is 1. The van der Waals surface area contributed by atoms with E-state index in [1.165, 1.54) is 23.8 Å². The second-order valence-electron chi connectivity index (χ2n) is 9.17. The van der Waals surface area contributed by atoms with Crippen LogP contribution in [0.1, 0.15) is 48.0 Å². The summed E-state index contributed by atoms with van der Waals surface area (Å²) in [6.45, 7) is 0. The maximum Gasteiger partial charge on any atom is 0.503 e. The van der Waals surface area contributed by atoms with E-state index in [-0.39, 0.29) is 24.4 Å². The molecule has 0 amide bonds. The molecular weight excluding hydrogens is 492 g/mol. The van der Waals surface area contributed by atoms with Gasteiger partial charge >= 0.3 is 12.1 Å². The Labute approximate surface area is 212 Å². The van der Waals surface area contributed by atoms with Crippen LogP contribution in [0.5, 0.6) is 5.75 Å². The third kappa shape index (κ3) is 6.17. The second kappa shape index (κ2) is 10.9. The Balaban J connectivity index is 0.000000709. The molecule has 2 aromatic rings. The van der Waals surface area contributed by atoms with Gasteiger partial charge in [0.25, 0.3) is 0 Å². The number of carbonyl (C=O) groups is 2. The molecule has 10 heteroatoms. The minimum Gasteiger partial charge on any atom is -0.508 e. The molecule has 3 unspecified atom stereocenters. The highest BCUT2D eigenvalue weighted by Gasteiger charge is 2.53. The van der Waals surface area contributed by atoms with Gasteiger partial charge in [0.05, 0.1) is 18.3 Å². The number of phenols is 1. The van der Waals surface area contributed by atoms with Gasteiger partial charge in [0.15, 0.2) is 0 Å². The molecule has 0 aromatic heterocycles. The van der Waals surface area contributed by atoms with Crippen molar-refractivity contribution in [1.82, 2.24) is 0 Å². The van der Waals surface area contributed by atoms with Gasteiger partial charge in [0.1, 0.15) is 18.0 Å². The molecule has 9 nitrogen and oxygen atoms in total. The second-order valence-corrected chi connectivity index (χ2v) is 9.61. The van der Waals surface area contributed by atoms with E-state index in [0.29, 0.717) is 18.3 Å². The van der Waals surface area contributed by atoms with E-state index in [1.807, 2.05) is 18.2 Å². The third-order valence-corrected chi connectivity index (χ3v) is 6.90. The largest absolute Gasteiger partial charge is 0.508 e. The molecule has 2 saturated carbocycles. The van der Waals surface area contributed by atoms with Crippen molar-refractivity contribution in [2.24, 2.45) is 5.92 Å². The Morgan fingerprint density at radius 3 is 2.36 bits per heavy atom. The lowest BCUT2D eigenvalue weighted by Gasteiger charge is -2.37. The number of aliphatic hydroxyl groups is 2. The van der Waals surface area contributed by atoms with Crippen molar-refractivity contribution in [3.05, 3.63) is 70.3 Å². The first-order valence-corrected chi connectivity index (χ1v) is 11.9. The van der Waals surface area contributed by atoms with Crippen LogP contribution in [0.25, 0.3) is 6.08 Å². The van der Waals surface area contributed by atoms with Gasteiger partial charge in [-0.1, -0.05) is 29.8 Å². The van der Waals surface area contributed by atoms with Crippen LogP contribution in [0.3, 0.4) is 0 Å². The molecule has 2 fully saturated rings. The minimum atomic E-state index is -1.83. The number of aromatic hydroxyl groups is 1. The van der Waals surface area contributed by atoms with Crippen LogP contribution < -0.4 is 0 Å². The molecule has 0 bridgehead atoms. The number of benzene rings is 2. The van der Waals surface area contributed by atoms with Gasteiger partial charge in [0.2, 0.25) is 0 Å². The molecular formula is C26H27ClO9. The van der Waals surface area contributed by atoms with Gasteiger partial charge in [0, 0.05) is 23.9 Å². The third-order valence-electron chi connectivity index (χ3n) is 6.67. The van der Waals surface area contributed by atoms with E-state index in [4.69, 9.17) is 36.1 Å². The number of ether oxygens (including phenoxy) is 2. The predicted molar refractivity (Wildman–Crippen MR) is 129 cm³/mol. The quantitative estimate of drug-likeness (QED) is 0.292. The predicted octanol–water partition coefficient (Wildman–Crippen LogP) is 3.95. The summed E-state index contributed by atoms with van der Waals surface area (Å²) in [5, 5.41) is 44.7. The summed E-state index contributed by atoms with van der Waals surface area (Å²) >= 11 is 6.15. The molecule has 192 valence electrons. The lowest BCUT2D eigenvalue weighted by atomic mass is 9.89. The van der Waals surface area contributed by atoms with E-state index in [0.717, 1.165) is 22.6 Å². The Morgan fingerprint density at radius 2 is 1.67 bits per heavy atom. The standard InChI is InChI=1S/C25H25ClO6.CH2O3/c26-14-4-7-17-18(9-14)19-12-20(19)25(17)31-16-10-21(28)24(30)22(11-16)32-23(29)8-3-13-1-5-15(27)6-2-13;2-1(3)4/h1-9,16,19-22,24-25,27-28,30H,10-12H2;(H2,2,3,4)/b8-3+;/t16-,19?,20?,21-,22+,24+,25?;/m0./s1. The Kier molecular flexibility index (Phi) is 7.85. The summed E-state index contributed by atoms with van der Waals surface area (Å²) in [6, 6.07) is 12.3. The van der Waals surface area contributed by atoms with Crippen LogP contribution >= 0.6 is 11.6 Å². The zero-order valence-electron chi connectivity index (χ0n) is 19.1.